The van der Waals surface area contributed by atoms with Crippen molar-refractivity contribution in [3.05, 3.63) is 23.8 Å². The molecule has 0 aliphatic rings. The Hall–Kier alpha value is -1.22. The molecule has 0 amide bonds. The molecule has 18 heavy (non-hydrogen) atoms. The molecule has 0 aromatic heterocycles. The molecular weight excluding hydrogens is 224 g/mol. The molecule has 0 bridgehead atoms. The van der Waals surface area contributed by atoms with E-state index in [-0.39, 0.29) is 6.04 Å². The van der Waals surface area contributed by atoms with Crippen LogP contribution in [-0.4, -0.2) is 20.2 Å². The molecule has 3 heteroatoms. The monoisotopic (exact) mass is 250 g/mol. The normalized spacial score (nSPS) is 12.3. The van der Waals surface area contributed by atoms with E-state index in [0.29, 0.717) is 0 Å². The van der Waals surface area contributed by atoms with E-state index in [4.69, 9.17) is 10.5 Å². The third kappa shape index (κ3) is 3.39. The van der Waals surface area contributed by atoms with Crippen LogP contribution in [-0.2, 0) is 0 Å². The first-order valence-electron chi connectivity index (χ1n) is 6.83. The summed E-state index contributed by atoms with van der Waals surface area (Å²) in [4.78, 5) is 2.40. The van der Waals surface area contributed by atoms with Crippen molar-refractivity contribution in [2.45, 2.75) is 39.7 Å². The minimum atomic E-state index is -0.0210. The van der Waals surface area contributed by atoms with E-state index in [0.717, 1.165) is 37.2 Å². The Morgan fingerprint density at radius 3 is 2.28 bits per heavy atom. The van der Waals surface area contributed by atoms with Crippen LogP contribution in [0, 0.1) is 0 Å². The second kappa shape index (κ2) is 7.27. The van der Waals surface area contributed by atoms with Gasteiger partial charge in [-0.1, -0.05) is 19.9 Å². The highest BCUT2D eigenvalue weighted by Gasteiger charge is 2.17. The zero-order chi connectivity index (χ0) is 13.5. The highest BCUT2D eigenvalue weighted by molar-refractivity contribution is 5.60. The Balaban J connectivity index is 3.18. The molecule has 1 rings (SSSR count). The molecule has 0 radical (unpaired) electrons. The average Bonchev–Trinajstić information content (AvgIpc) is 2.37. The van der Waals surface area contributed by atoms with Crippen LogP contribution in [0.15, 0.2) is 18.2 Å². The lowest BCUT2D eigenvalue weighted by atomic mass is 10.0. The number of benzene rings is 1. The van der Waals surface area contributed by atoms with E-state index in [2.05, 4.69) is 24.8 Å². The van der Waals surface area contributed by atoms with Gasteiger partial charge in [-0.3, -0.25) is 0 Å². The van der Waals surface area contributed by atoms with Crippen molar-refractivity contribution < 1.29 is 4.74 Å². The molecule has 0 heterocycles. The first-order chi connectivity index (χ1) is 8.65. The van der Waals surface area contributed by atoms with E-state index in [1.165, 1.54) is 5.69 Å². The third-order valence-corrected chi connectivity index (χ3v) is 3.05. The van der Waals surface area contributed by atoms with Crippen LogP contribution in [0.25, 0.3) is 0 Å². The summed E-state index contributed by atoms with van der Waals surface area (Å²) < 4.78 is 5.45. The number of hydrogen-bond acceptors (Lipinski definition) is 3. The predicted molar refractivity (Wildman–Crippen MR) is 78.4 cm³/mol. The molecule has 1 atom stereocenters. The Kier molecular flexibility index (Phi) is 5.99. The maximum Gasteiger partial charge on any atom is 0.125 e. The minimum Gasteiger partial charge on any atom is -0.496 e. The molecule has 0 aliphatic carbocycles. The Morgan fingerprint density at radius 2 is 1.83 bits per heavy atom. The molecule has 0 unspecified atom stereocenters. The molecule has 0 spiro atoms. The molecule has 3 nitrogen and oxygen atoms in total. The Morgan fingerprint density at radius 1 is 1.22 bits per heavy atom. The van der Waals surface area contributed by atoms with Gasteiger partial charge in [0.05, 0.1) is 7.11 Å². The summed E-state index contributed by atoms with van der Waals surface area (Å²) in [6, 6.07) is 6.15. The summed E-state index contributed by atoms with van der Waals surface area (Å²) in [6.45, 7) is 8.53. The Bertz CT molecular complexity index is 358. The summed E-state index contributed by atoms with van der Waals surface area (Å²) in [6.07, 6.45) is 2.27. The molecule has 0 saturated carbocycles. The number of anilines is 1. The minimum absolute atomic E-state index is 0.0210. The smallest absolute Gasteiger partial charge is 0.125 e. The summed E-state index contributed by atoms with van der Waals surface area (Å²) in [5.41, 5.74) is 8.44. The third-order valence-electron chi connectivity index (χ3n) is 3.05. The molecular formula is C15H26N2O. The predicted octanol–water partition coefficient (Wildman–Crippen LogP) is 3.34. The van der Waals surface area contributed by atoms with Crippen molar-refractivity contribution in [2.75, 3.05) is 25.1 Å². The topological polar surface area (TPSA) is 38.5 Å². The number of rotatable bonds is 7. The van der Waals surface area contributed by atoms with Gasteiger partial charge in [-0.25, -0.2) is 0 Å². The fourth-order valence-corrected chi connectivity index (χ4v) is 2.34. The van der Waals surface area contributed by atoms with Gasteiger partial charge in [0.2, 0.25) is 0 Å². The van der Waals surface area contributed by atoms with E-state index in [1.807, 2.05) is 19.1 Å². The second-order valence-electron chi connectivity index (χ2n) is 4.67. The largest absolute Gasteiger partial charge is 0.496 e. The maximum absolute atomic E-state index is 6.11. The summed E-state index contributed by atoms with van der Waals surface area (Å²) in [7, 11) is 1.70. The molecule has 0 aliphatic heterocycles. The zero-order valence-corrected chi connectivity index (χ0v) is 12.1. The first-order valence-corrected chi connectivity index (χ1v) is 6.83. The molecule has 1 aromatic rings. The fourth-order valence-electron chi connectivity index (χ4n) is 2.34. The van der Waals surface area contributed by atoms with Gasteiger partial charge in [0.25, 0.3) is 0 Å². The van der Waals surface area contributed by atoms with Gasteiger partial charge in [-0.05, 0) is 31.9 Å². The van der Waals surface area contributed by atoms with E-state index in [1.54, 1.807) is 7.11 Å². The highest BCUT2D eigenvalue weighted by Crippen LogP contribution is 2.33. The Labute approximate surface area is 111 Å². The number of nitrogens with two attached hydrogens (primary N) is 1. The number of hydrogen-bond donors (Lipinski definition) is 1. The zero-order valence-electron chi connectivity index (χ0n) is 12.1. The van der Waals surface area contributed by atoms with Crippen molar-refractivity contribution in [3.8, 4) is 5.75 Å². The summed E-state index contributed by atoms with van der Waals surface area (Å²) in [5, 5.41) is 0. The van der Waals surface area contributed by atoms with Crippen LogP contribution in [0.5, 0.6) is 5.75 Å². The van der Waals surface area contributed by atoms with Crippen LogP contribution >= 0.6 is 0 Å². The lowest BCUT2D eigenvalue weighted by Gasteiger charge is -2.28. The van der Waals surface area contributed by atoms with E-state index in [9.17, 15) is 0 Å². The van der Waals surface area contributed by atoms with Crippen LogP contribution in [0.1, 0.15) is 45.2 Å². The fraction of sp³-hybridized carbons (Fsp3) is 0.600. The summed E-state index contributed by atoms with van der Waals surface area (Å²) in [5.74, 6) is 0.889. The van der Waals surface area contributed by atoms with Crippen molar-refractivity contribution in [2.24, 2.45) is 5.73 Å². The van der Waals surface area contributed by atoms with Gasteiger partial charge >= 0.3 is 0 Å². The summed E-state index contributed by atoms with van der Waals surface area (Å²) >= 11 is 0. The van der Waals surface area contributed by atoms with Gasteiger partial charge in [-0.15, -0.1) is 0 Å². The molecule has 2 N–H and O–H groups in total. The van der Waals surface area contributed by atoms with Crippen molar-refractivity contribution >= 4 is 5.69 Å². The van der Waals surface area contributed by atoms with Gasteiger partial charge in [-0.2, -0.15) is 0 Å². The van der Waals surface area contributed by atoms with Crippen molar-refractivity contribution in [1.29, 1.82) is 0 Å². The van der Waals surface area contributed by atoms with Crippen LogP contribution in [0.2, 0.25) is 0 Å². The first kappa shape index (κ1) is 14.8. The lowest BCUT2D eigenvalue weighted by molar-refractivity contribution is 0.407. The molecule has 0 saturated heterocycles. The molecule has 102 valence electrons. The van der Waals surface area contributed by atoms with Crippen LogP contribution in [0.3, 0.4) is 0 Å². The van der Waals surface area contributed by atoms with Gasteiger partial charge < -0.3 is 15.4 Å². The van der Waals surface area contributed by atoms with Crippen LogP contribution in [0.4, 0.5) is 5.69 Å². The van der Waals surface area contributed by atoms with Gasteiger partial charge in [0, 0.05) is 30.4 Å². The number of ether oxygens (including phenoxy) is 1. The van der Waals surface area contributed by atoms with Crippen molar-refractivity contribution in [3.63, 3.8) is 0 Å². The number of methoxy groups -OCH3 is 1. The number of nitrogens with zero attached hydrogens (tertiary/aromatic N) is 1. The highest BCUT2D eigenvalue weighted by atomic mass is 16.5. The standard InChI is InChI=1S/C15H26N2O/c1-5-10-17(11-6-2)13-8-7-9-14(18-4)15(13)12(3)16/h7-9,12H,5-6,10-11,16H2,1-4H3/t12-/m1/s1. The molecule has 1 aromatic carbocycles. The SMILES string of the molecule is CCCN(CCC)c1cccc(OC)c1[C@@H](C)N. The van der Waals surface area contributed by atoms with Crippen molar-refractivity contribution in [1.82, 2.24) is 0 Å². The molecule has 0 fully saturated rings. The van der Waals surface area contributed by atoms with E-state index < -0.39 is 0 Å². The second-order valence-corrected chi connectivity index (χ2v) is 4.67. The van der Waals surface area contributed by atoms with Gasteiger partial charge in [0.1, 0.15) is 5.75 Å². The maximum atomic E-state index is 6.11. The quantitative estimate of drug-likeness (QED) is 0.806. The average molecular weight is 250 g/mol. The van der Waals surface area contributed by atoms with E-state index >= 15 is 0 Å². The van der Waals surface area contributed by atoms with Gasteiger partial charge in [0.15, 0.2) is 0 Å². The lowest BCUT2D eigenvalue weighted by Crippen LogP contribution is -2.27. The van der Waals surface area contributed by atoms with Crippen LogP contribution < -0.4 is 15.4 Å².